The first-order valence-corrected chi connectivity index (χ1v) is 8.62. The largest absolute Gasteiger partial charge is 0.224 e. The lowest BCUT2D eigenvalue weighted by molar-refractivity contribution is 0.587. The van der Waals surface area contributed by atoms with Gasteiger partial charge in [0, 0.05) is 0 Å². The van der Waals surface area contributed by atoms with Crippen LogP contribution < -0.4 is 0 Å². The summed E-state index contributed by atoms with van der Waals surface area (Å²) in [6.07, 6.45) is 2.92. The first-order valence-electron chi connectivity index (χ1n) is 4.43. The Morgan fingerprint density at radius 1 is 1.20 bits per heavy atom. The molecule has 3 nitrogen and oxygen atoms in total. The molecule has 0 aromatic heterocycles. The fraction of sp³-hybridized carbons (Fsp3) is 0.400. The second-order valence-corrected chi connectivity index (χ2v) is 9.42. The summed E-state index contributed by atoms with van der Waals surface area (Å²) < 4.78 is 35.3. The summed E-state index contributed by atoms with van der Waals surface area (Å²) >= 11 is 0. The molecule has 0 spiro atoms. The second kappa shape index (κ2) is 4.06. The molecule has 0 unspecified atom stereocenters. The fourth-order valence-corrected chi connectivity index (χ4v) is 5.68. The van der Waals surface area contributed by atoms with Crippen molar-refractivity contribution in [2.24, 2.45) is 0 Å². The van der Waals surface area contributed by atoms with Gasteiger partial charge in [0.2, 0.25) is 14.9 Å². The minimum Gasteiger partial charge on any atom is -0.219 e. The summed E-state index contributed by atoms with van der Waals surface area (Å²) in [5, 5.41) is -0.287. The number of benzene rings is 1. The van der Waals surface area contributed by atoms with E-state index in [1.807, 2.05) is 0 Å². The molecular formula is C10H15O3S2+. The molecule has 0 saturated carbocycles. The zero-order valence-corrected chi connectivity index (χ0v) is 10.7. The molecule has 0 radical (unpaired) electrons. The Hall–Kier alpha value is -0.680. The van der Waals surface area contributed by atoms with E-state index in [4.69, 9.17) is 0 Å². The zero-order chi connectivity index (χ0) is 11.7. The quantitative estimate of drug-likeness (QED) is 0.760. The van der Waals surface area contributed by atoms with Gasteiger partial charge in [-0.2, -0.15) is 0 Å². The summed E-state index contributed by atoms with van der Waals surface area (Å²) in [5.74, 6) is 0. The zero-order valence-electron chi connectivity index (χ0n) is 9.06. The first-order chi connectivity index (χ1) is 6.72. The van der Waals surface area contributed by atoms with Crippen molar-refractivity contribution >= 4 is 19.8 Å². The van der Waals surface area contributed by atoms with E-state index >= 15 is 0 Å². The Balaban J connectivity index is 3.19. The topological polar surface area (TPSA) is 51.2 Å². The highest BCUT2D eigenvalue weighted by Gasteiger charge is 2.27. The molecule has 5 heteroatoms. The van der Waals surface area contributed by atoms with Gasteiger partial charge in [0.05, 0.1) is 14.8 Å². The van der Waals surface area contributed by atoms with Crippen LogP contribution in [0.5, 0.6) is 0 Å². The van der Waals surface area contributed by atoms with Crippen LogP contribution in [0.25, 0.3) is 0 Å². The van der Waals surface area contributed by atoms with Crippen LogP contribution in [0.1, 0.15) is 5.56 Å². The van der Waals surface area contributed by atoms with Gasteiger partial charge in [-0.25, -0.2) is 8.42 Å². The Morgan fingerprint density at radius 3 is 2.20 bits per heavy atom. The normalized spacial score (nSPS) is 12.7. The molecule has 0 heterocycles. The van der Waals surface area contributed by atoms with Crippen LogP contribution in [0.15, 0.2) is 29.2 Å². The number of sulfone groups is 1. The molecule has 15 heavy (non-hydrogen) atoms. The van der Waals surface area contributed by atoms with Crippen LogP contribution in [0.3, 0.4) is 0 Å². The molecule has 0 aliphatic heterocycles. The molecule has 1 aromatic rings. The summed E-state index contributed by atoms with van der Waals surface area (Å²) in [7, 11) is -5.71. The Labute approximate surface area is 91.9 Å². The van der Waals surface area contributed by atoms with E-state index < -0.39 is 19.8 Å². The maximum Gasteiger partial charge on any atom is 0.224 e. The lowest BCUT2D eigenvalue weighted by Crippen LogP contribution is -2.20. The predicted octanol–water partition coefficient (Wildman–Crippen LogP) is 1.49. The van der Waals surface area contributed by atoms with Crippen molar-refractivity contribution in [1.82, 2.24) is 0 Å². The van der Waals surface area contributed by atoms with E-state index in [1.54, 1.807) is 31.2 Å². The van der Waals surface area contributed by atoms with Gasteiger partial charge in [0.25, 0.3) is 0 Å². The monoisotopic (exact) mass is 247 g/mol. The SMILES string of the molecule is Cc1ccccc1S(=O)(=O)C[S+](C)(C)=O. The van der Waals surface area contributed by atoms with E-state index in [2.05, 4.69) is 0 Å². The fourth-order valence-electron chi connectivity index (χ4n) is 1.34. The van der Waals surface area contributed by atoms with Gasteiger partial charge in [-0.1, -0.05) is 18.2 Å². The maximum atomic E-state index is 11.9. The molecule has 0 amide bonds. The summed E-state index contributed by atoms with van der Waals surface area (Å²) in [6.45, 7) is 1.74. The number of hydrogen-bond acceptors (Lipinski definition) is 3. The lowest BCUT2D eigenvalue weighted by Gasteiger charge is -2.06. The summed E-state index contributed by atoms with van der Waals surface area (Å²) in [5.41, 5.74) is 0.696. The van der Waals surface area contributed by atoms with Crippen LogP contribution in [0.2, 0.25) is 0 Å². The van der Waals surface area contributed by atoms with Gasteiger partial charge < -0.3 is 0 Å². The third-order valence-electron chi connectivity index (χ3n) is 1.87. The summed E-state index contributed by atoms with van der Waals surface area (Å²) in [4.78, 5) is 0.279. The van der Waals surface area contributed by atoms with Crippen molar-refractivity contribution in [1.29, 1.82) is 0 Å². The van der Waals surface area contributed by atoms with Gasteiger partial charge in [-0.05, 0) is 18.6 Å². The lowest BCUT2D eigenvalue weighted by atomic mass is 10.2. The molecule has 0 aliphatic rings. The maximum absolute atomic E-state index is 11.9. The van der Waals surface area contributed by atoms with Crippen molar-refractivity contribution < 1.29 is 12.6 Å². The molecule has 0 atom stereocenters. The van der Waals surface area contributed by atoms with Crippen molar-refractivity contribution in [2.45, 2.75) is 11.8 Å². The van der Waals surface area contributed by atoms with E-state index in [0.717, 1.165) is 0 Å². The Kier molecular flexibility index (Phi) is 3.35. The molecular weight excluding hydrogens is 232 g/mol. The highest BCUT2D eigenvalue weighted by atomic mass is 32.3. The average Bonchev–Trinajstić information content (AvgIpc) is 1.99. The smallest absolute Gasteiger partial charge is 0.219 e. The predicted molar refractivity (Wildman–Crippen MR) is 63.1 cm³/mol. The molecule has 0 bridgehead atoms. The van der Waals surface area contributed by atoms with Crippen LogP contribution in [-0.2, 0) is 24.0 Å². The molecule has 0 N–H and O–H groups in total. The van der Waals surface area contributed by atoms with Gasteiger partial charge in [0.1, 0.15) is 12.5 Å². The third-order valence-corrected chi connectivity index (χ3v) is 6.51. The minimum atomic E-state index is -3.42. The van der Waals surface area contributed by atoms with E-state index in [1.165, 1.54) is 12.5 Å². The highest BCUT2D eigenvalue weighted by molar-refractivity contribution is 8.13. The van der Waals surface area contributed by atoms with E-state index in [9.17, 15) is 12.6 Å². The van der Waals surface area contributed by atoms with E-state index in [-0.39, 0.29) is 9.98 Å². The molecule has 84 valence electrons. The number of aryl methyl sites for hydroxylation is 1. The van der Waals surface area contributed by atoms with Gasteiger partial charge in [0.15, 0.2) is 0 Å². The van der Waals surface area contributed by atoms with Gasteiger partial charge in [-0.15, -0.1) is 4.21 Å². The standard InChI is InChI=1S/C10H15O3S2/c1-9-6-4-5-7-10(9)15(12,13)8-14(2,3)11/h4-7H,8H2,1-3H3/q+1. The van der Waals surface area contributed by atoms with Gasteiger partial charge in [-0.3, -0.25) is 0 Å². The van der Waals surface area contributed by atoms with Crippen LogP contribution in [-0.4, -0.2) is 26.0 Å². The van der Waals surface area contributed by atoms with Crippen molar-refractivity contribution in [3.8, 4) is 0 Å². The minimum absolute atomic E-state index is 0.279. The van der Waals surface area contributed by atoms with Crippen LogP contribution in [0, 0.1) is 6.92 Å². The van der Waals surface area contributed by atoms with Crippen LogP contribution in [0.4, 0.5) is 0 Å². The van der Waals surface area contributed by atoms with Crippen molar-refractivity contribution in [3.63, 3.8) is 0 Å². The summed E-state index contributed by atoms with van der Waals surface area (Å²) in [6, 6.07) is 6.74. The number of rotatable bonds is 3. The second-order valence-electron chi connectivity index (χ2n) is 3.93. The Bertz CT molecular complexity index is 497. The first kappa shape index (κ1) is 12.4. The third kappa shape index (κ3) is 3.43. The highest BCUT2D eigenvalue weighted by Crippen LogP contribution is 2.18. The molecule has 0 aliphatic carbocycles. The van der Waals surface area contributed by atoms with Crippen molar-refractivity contribution in [3.05, 3.63) is 29.8 Å². The van der Waals surface area contributed by atoms with Gasteiger partial charge >= 0.3 is 0 Å². The average molecular weight is 247 g/mol. The molecule has 1 rings (SSSR count). The molecule has 1 aromatic carbocycles. The molecule has 0 fully saturated rings. The molecule has 0 saturated heterocycles. The van der Waals surface area contributed by atoms with Crippen molar-refractivity contribution in [2.75, 3.05) is 17.6 Å². The number of hydrogen-bond donors (Lipinski definition) is 0. The van der Waals surface area contributed by atoms with E-state index in [0.29, 0.717) is 5.56 Å². The Morgan fingerprint density at radius 2 is 1.73 bits per heavy atom. The van der Waals surface area contributed by atoms with Crippen LogP contribution >= 0.6 is 0 Å².